The zero-order valence-corrected chi connectivity index (χ0v) is 12.9. The lowest BCUT2D eigenvalue weighted by Crippen LogP contribution is -2.24. The lowest BCUT2D eigenvalue weighted by Gasteiger charge is -2.05. The summed E-state index contributed by atoms with van der Waals surface area (Å²) in [5, 5.41) is 6.97. The second-order valence-corrected chi connectivity index (χ2v) is 5.09. The Morgan fingerprint density at radius 1 is 1.41 bits per heavy atom. The molecule has 1 N–H and O–H groups in total. The summed E-state index contributed by atoms with van der Waals surface area (Å²) in [4.78, 5) is 28.6. The van der Waals surface area contributed by atoms with Crippen LogP contribution in [0.25, 0.3) is 0 Å². The van der Waals surface area contributed by atoms with Crippen LogP contribution in [0.2, 0.25) is 5.02 Å². The first kappa shape index (κ1) is 16.0. The second kappa shape index (κ2) is 7.09. The summed E-state index contributed by atoms with van der Waals surface area (Å²) >= 11 is 5.78. The Hall–Kier alpha value is -2.34. The van der Waals surface area contributed by atoms with Gasteiger partial charge in [-0.25, -0.2) is 4.79 Å². The molecule has 116 valence electrons. The lowest BCUT2D eigenvalue weighted by molar-refractivity contribution is -0.137. The van der Waals surface area contributed by atoms with Crippen LogP contribution >= 0.6 is 11.6 Å². The van der Waals surface area contributed by atoms with Crippen molar-refractivity contribution in [2.24, 2.45) is 11.1 Å². The van der Waals surface area contributed by atoms with Crippen LogP contribution in [-0.2, 0) is 25.8 Å². The summed E-state index contributed by atoms with van der Waals surface area (Å²) in [5.41, 5.74) is 1.59. The Morgan fingerprint density at radius 3 is 2.73 bits per heavy atom. The predicted molar refractivity (Wildman–Crippen MR) is 81.1 cm³/mol. The number of halogens is 1. The molecule has 0 aromatic heterocycles. The highest BCUT2D eigenvalue weighted by Crippen LogP contribution is 2.21. The summed E-state index contributed by atoms with van der Waals surface area (Å²) in [7, 11) is 1.26. The maximum atomic E-state index is 11.8. The minimum Gasteiger partial charge on any atom is -0.466 e. The van der Waals surface area contributed by atoms with Gasteiger partial charge in [-0.15, -0.1) is 0 Å². The highest BCUT2D eigenvalue weighted by atomic mass is 35.5. The van der Waals surface area contributed by atoms with Gasteiger partial charge in [0, 0.05) is 10.7 Å². The number of carbonyl (C=O) groups excluding carboxylic acids is 2. The molecule has 0 saturated carbocycles. The van der Waals surface area contributed by atoms with E-state index in [-0.39, 0.29) is 18.1 Å². The smallest absolute Gasteiger partial charge is 0.336 e. The Labute approximate surface area is 132 Å². The average Bonchev–Trinajstić information content (AvgIpc) is 2.78. The molecule has 1 aromatic carbocycles. The molecule has 1 aliphatic rings. The van der Waals surface area contributed by atoms with E-state index in [0.29, 0.717) is 10.7 Å². The van der Waals surface area contributed by atoms with Gasteiger partial charge in [-0.2, -0.15) is 0 Å². The molecule has 1 atom stereocenters. The zero-order chi connectivity index (χ0) is 16.1. The van der Waals surface area contributed by atoms with Crippen molar-refractivity contribution < 1.29 is 19.2 Å². The summed E-state index contributed by atoms with van der Waals surface area (Å²) in [5.74, 6) is -1.71. The van der Waals surface area contributed by atoms with Gasteiger partial charge in [0.1, 0.15) is 12.5 Å². The number of hydrogen-bond donors (Lipinski definition) is 1. The van der Waals surface area contributed by atoms with Crippen molar-refractivity contribution in [3.8, 4) is 0 Å². The van der Waals surface area contributed by atoms with E-state index in [1.54, 1.807) is 19.1 Å². The number of allylic oxidation sites excluding steroid dienone is 1. The number of nitrogens with zero attached hydrogens (tertiary/aromatic N) is 1. The molecule has 1 aromatic rings. The van der Waals surface area contributed by atoms with Gasteiger partial charge in [-0.1, -0.05) is 28.9 Å². The number of methoxy groups -OCH3 is 1. The van der Waals surface area contributed by atoms with Crippen LogP contribution in [0, 0.1) is 5.92 Å². The van der Waals surface area contributed by atoms with Crippen LogP contribution in [0.5, 0.6) is 0 Å². The molecule has 1 aliphatic heterocycles. The van der Waals surface area contributed by atoms with Crippen molar-refractivity contribution in [1.29, 1.82) is 0 Å². The number of hydrogen-bond acceptors (Lipinski definition) is 5. The van der Waals surface area contributed by atoms with Crippen LogP contribution in [0.15, 0.2) is 40.7 Å². The minimum absolute atomic E-state index is 0.234. The van der Waals surface area contributed by atoms with Crippen LogP contribution < -0.4 is 5.32 Å². The molecule has 0 fully saturated rings. The highest BCUT2D eigenvalue weighted by molar-refractivity contribution is 6.30. The van der Waals surface area contributed by atoms with E-state index in [1.807, 2.05) is 12.1 Å². The summed E-state index contributed by atoms with van der Waals surface area (Å²) in [6, 6.07) is 7.11. The van der Waals surface area contributed by atoms with E-state index in [0.717, 1.165) is 5.56 Å². The average molecular weight is 323 g/mol. The first-order valence-corrected chi connectivity index (χ1v) is 6.90. The van der Waals surface area contributed by atoms with Gasteiger partial charge < -0.3 is 14.9 Å². The first-order chi connectivity index (χ1) is 10.5. The number of oxime groups is 1. The monoisotopic (exact) mass is 322 g/mol. The zero-order valence-electron chi connectivity index (χ0n) is 12.1. The lowest BCUT2D eigenvalue weighted by atomic mass is 10.0. The maximum Gasteiger partial charge on any atom is 0.336 e. The van der Waals surface area contributed by atoms with E-state index in [4.69, 9.17) is 16.4 Å². The molecular weight excluding hydrogens is 308 g/mol. The van der Waals surface area contributed by atoms with Crippen LogP contribution in [0.4, 0.5) is 0 Å². The number of carbonyl (C=O) groups is 2. The van der Waals surface area contributed by atoms with E-state index in [2.05, 4.69) is 15.2 Å². The van der Waals surface area contributed by atoms with E-state index in [9.17, 15) is 9.59 Å². The van der Waals surface area contributed by atoms with Crippen molar-refractivity contribution >= 4 is 29.7 Å². The molecule has 1 amide bonds. The Balaban J connectivity index is 1.98. The number of amides is 1. The van der Waals surface area contributed by atoms with Gasteiger partial charge in [0.15, 0.2) is 0 Å². The molecular formula is C15H15ClN2O4. The highest BCUT2D eigenvalue weighted by Gasteiger charge is 2.35. The van der Waals surface area contributed by atoms with Gasteiger partial charge in [-0.05, 0) is 24.6 Å². The summed E-state index contributed by atoms with van der Waals surface area (Å²) < 4.78 is 4.67. The Bertz CT molecular complexity index is 637. The van der Waals surface area contributed by atoms with Crippen LogP contribution in [0.3, 0.4) is 0 Å². The third kappa shape index (κ3) is 3.65. The minimum atomic E-state index is -0.808. The molecule has 0 bridgehead atoms. The number of rotatable bonds is 5. The van der Waals surface area contributed by atoms with Crippen molar-refractivity contribution in [2.75, 3.05) is 7.11 Å². The molecule has 0 spiro atoms. The summed E-state index contributed by atoms with van der Waals surface area (Å²) in [6.07, 6.45) is 1.29. The molecule has 6 nitrogen and oxygen atoms in total. The second-order valence-electron chi connectivity index (χ2n) is 4.65. The fourth-order valence-corrected chi connectivity index (χ4v) is 2.15. The topological polar surface area (TPSA) is 77.0 Å². The van der Waals surface area contributed by atoms with Crippen molar-refractivity contribution in [2.45, 2.75) is 13.5 Å². The van der Waals surface area contributed by atoms with Gasteiger partial charge in [-0.3, -0.25) is 4.79 Å². The van der Waals surface area contributed by atoms with Crippen molar-refractivity contribution in [3.63, 3.8) is 0 Å². The molecule has 0 radical (unpaired) electrons. The van der Waals surface area contributed by atoms with E-state index >= 15 is 0 Å². The van der Waals surface area contributed by atoms with Crippen LogP contribution in [0.1, 0.15) is 12.5 Å². The van der Waals surface area contributed by atoms with Crippen molar-refractivity contribution in [3.05, 3.63) is 46.1 Å². The first-order valence-electron chi connectivity index (χ1n) is 6.52. The largest absolute Gasteiger partial charge is 0.466 e. The number of benzene rings is 1. The number of nitrogens with one attached hydrogen (secondary N) is 1. The third-order valence-corrected chi connectivity index (χ3v) is 3.39. The molecule has 7 heteroatoms. The molecule has 22 heavy (non-hydrogen) atoms. The summed E-state index contributed by atoms with van der Waals surface area (Å²) in [6.45, 7) is 1.87. The molecule has 1 unspecified atom stereocenters. The SMILES string of the molecule is COC(=O)C1=C(C)NC(=O)C1C=NOCc1ccc(Cl)cc1. The van der Waals surface area contributed by atoms with Gasteiger partial charge >= 0.3 is 5.97 Å². The normalized spacial score (nSPS) is 17.8. The van der Waals surface area contributed by atoms with Gasteiger partial charge in [0.05, 0.1) is 18.9 Å². The van der Waals surface area contributed by atoms with Crippen LogP contribution in [-0.4, -0.2) is 25.2 Å². The maximum absolute atomic E-state index is 11.8. The van der Waals surface area contributed by atoms with Crippen molar-refractivity contribution in [1.82, 2.24) is 5.32 Å². The third-order valence-electron chi connectivity index (χ3n) is 3.14. The van der Waals surface area contributed by atoms with Gasteiger partial charge in [0.25, 0.3) is 0 Å². The standard InChI is InChI=1S/C15H15ClN2O4/c1-9-13(15(20)21-2)12(14(19)18-9)7-17-22-8-10-3-5-11(16)6-4-10/h3-7,12H,8H2,1-2H3,(H,18,19). The molecule has 0 aliphatic carbocycles. The Kier molecular flexibility index (Phi) is 5.16. The molecule has 2 rings (SSSR count). The van der Waals surface area contributed by atoms with E-state index < -0.39 is 11.9 Å². The van der Waals surface area contributed by atoms with E-state index in [1.165, 1.54) is 13.3 Å². The molecule has 0 saturated heterocycles. The fraction of sp³-hybridized carbons (Fsp3) is 0.267. The number of ether oxygens (including phenoxy) is 1. The number of esters is 1. The predicted octanol–water partition coefficient (Wildman–Crippen LogP) is 2.04. The Morgan fingerprint density at radius 2 is 2.09 bits per heavy atom. The quantitative estimate of drug-likeness (QED) is 0.511. The van der Waals surface area contributed by atoms with Gasteiger partial charge in [0.2, 0.25) is 5.91 Å². The molecule has 1 heterocycles. The fourth-order valence-electron chi connectivity index (χ4n) is 2.02.